The normalized spacial score (nSPS) is 10.8. The molecule has 2 aromatic carbocycles. The molecular formula is C25H32N2O4. The van der Waals surface area contributed by atoms with Crippen molar-refractivity contribution in [3.8, 4) is 11.5 Å². The number of nitrogens with zero attached hydrogens (tertiary/aromatic N) is 2. The van der Waals surface area contributed by atoms with Crippen LogP contribution in [0.2, 0.25) is 0 Å². The molecule has 0 aliphatic carbocycles. The van der Waals surface area contributed by atoms with Crippen LogP contribution in [-0.2, 0) is 9.53 Å². The zero-order valence-electron chi connectivity index (χ0n) is 18.5. The highest BCUT2D eigenvalue weighted by molar-refractivity contribution is 5.86. The van der Waals surface area contributed by atoms with E-state index in [1.54, 1.807) is 6.92 Å². The molecule has 0 unspecified atom stereocenters. The zero-order valence-corrected chi connectivity index (χ0v) is 18.5. The molecule has 0 radical (unpaired) electrons. The molecule has 6 nitrogen and oxygen atoms in total. The monoisotopic (exact) mass is 424 g/mol. The number of hydrogen-bond acceptors (Lipinski definition) is 6. The van der Waals surface area contributed by atoms with Crippen molar-refractivity contribution >= 4 is 17.3 Å². The second-order valence-corrected chi connectivity index (χ2v) is 7.22. The summed E-state index contributed by atoms with van der Waals surface area (Å²) in [5.74, 6) is 1.27. The molecule has 0 amide bonds. The van der Waals surface area contributed by atoms with Crippen LogP contribution in [0, 0.1) is 0 Å². The Morgan fingerprint density at radius 3 is 1.68 bits per heavy atom. The molecule has 0 aromatic heterocycles. The number of unbranched alkanes of at least 4 members (excludes halogenated alkanes) is 3. The van der Waals surface area contributed by atoms with E-state index in [0.29, 0.717) is 18.8 Å². The molecule has 0 bridgehead atoms. The smallest absolute Gasteiger partial charge is 0.333 e. The predicted octanol–water partition coefficient (Wildman–Crippen LogP) is 6.95. The van der Waals surface area contributed by atoms with Crippen LogP contribution >= 0.6 is 0 Å². The Balaban J connectivity index is 1.68. The van der Waals surface area contributed by atoms with Crippen molar-refractivity contribution in [3.63, 3.8) is 0 Å². The summed E-state index contributed by atoms with van der Waals surface area (Å²) in [6.07, 6.45) is 4.98. The molecule has 0 fully saturated rings. The van der Waals surface area contributed by atoms with Gasteiger partial charge in [-0.3, -0.25) is 0 Å². The van der Waals surface area contributed by atoms with Crippen molar-refractivity contribution in [2.45, 2.75) is 46.0 Å². The van der Waals surface area contributed by atoms with E-state index >= 15 is 0 Å². The lowest BCUT2D eigenvalue weighted by Gasteiger charge is -2.07. The summed E-state index contributed by atoms with van der Waals surface area (Å²) >= 11 is 0. The minimum Gasteiger partial charge on any atom is -0.494 e. The number of azo groups is 1. The molecule has 2 rings (SSSR count). The topological polar surface area (TPSA) is 69.5 Å². The van der Waals surface area contributed by atoms with Crippen molar-refractivity contribution < 1.29 is 19.0 Å². The van der Waals surface area contributed by atoms with Crippen LogP contribution in [0.1, 0.15) is 46.0 Å². The summed E-state index contributed by atoms with van der Waals surface area (Å²) in [4.78, 5) is 11.3. The van der Waals surface area contributed by atoms with Crippen LogP contribution < -0.4 is 9.47 Å². The average Bonchev–Trinajstić information content (AvgIpc) is 2.79. The maximum Gasteiger partial charge on any atom is 0.333 e. The van der Waals surface area contributed by atoms with Crippen molar-refractivity contribution in [1.82, 2.24) is 0 Å². The molecule has 0 saturated heterocycles. The second kappa shape index (κ2) is 14.0. The van der Waals surface area contributed by atoms with Gasteiger partial charge < -0.3 is 14.2 Å². The van der Waals surface area contributed by atoms with Crippen LogP contribution in [0.5, 0.6) is 11.5 Å². The largest absolute Gasteiger partial charge is 0.494 e. The number of rotatable bonds is 14. The molecule has 0 aliphatic rings. The molecule has 0 heterocycles. The summed E-state index contributed by atoms with van der Waals surface area (Å²) in [5, 5.41) is 8.52. The van der Waals surface area contributed by atoms with Crippen LogP contribution in [0.3, 0.4) is 0 Å². The van der Waals surface area contributed by atoms with Gasteiger partial charge in [0.1, 0.15) is 11.5 Å². The zero-order chi connectivity index (χ0) is 22.3. The molecule has 2 aromatic rings. The fourth-order valence-electron chi connectivity index (χ4n) is 2.56. The van der Waals surface area contributed by atoms with Crippen LogP contribution in [0.25, 0.3) is 0 Å². The number of esters is 1. The lowest BCUT2D eigenvalue weighted by Crippen LogP contribution is -2.07. The van der Waals surface area contributed by atoms with Gasteiger partial charge in [0.2, 0.25) is 0 Å². The number of benzene rings is 2. The van der Waals surface area contributed by atoms with E-state index in [4.69, 9.17) is 14.2 Å². The average molecular weight is 425 g/mol. The molecule has 31 heavy (non-hydrogen) atoms. The lowest BCUT2D eigenvalue weighted by molar-refractivity contribution is -0.139. The third-order valence-corrected chi connectivity index (χ3v) is 4.36. The highest BCUT2D eigenvalue weighted by Crippen LogP contribution is 2.23. The highest BCUT2D eigenvalue weighted by Gasteiger charge is 2.02. The van der Waals surface area contributed by atoms with Gasteiger partial charge in [0.15, 0.2) is 0 Å². The highest BCUT2D eigenvalue weighted by atomic mass is 16.5. The SMILES string of the molecule is C=C(C)C(=O)OCCCCOc1ccc(N=Nc2ccc(OCCCCC)cc2)cc1. The van der Waals surface area contributed by atoms with Gasteiger partial charge in [-0.15, -0.1) is 0 Å². The first-order valence-electron chi connectivity index (χ1n) is 10.8. The molecule has 0 saturated carbocycles. The van der Waals surface area contributed by atoms with E-state index in [2.05, 4.69) is 23.7 Å². The first kappa shape index (κ1) is 24.1. The van der Waals surface area contributed by atoms with E-state index in [-0.39, 0.29) is 5.97 Å². The minimum atomic E-state index is -0.350. The van der Waals surface area contributed by atoms with E-state index in [9.17, 15) is 4.79 Å². The van der Waals surface area contributed by atoms with E-state index in [0.717, 1.165) is 48.7 Å². The quantitative estimate of drug-likeness (QED) is 0.142. The van der Waals surface area contributed by atoms with Gasteiger partial charge in [0.25, 0.3) is 0 Å². The summed E-state index contributed by atoms with van der Waals surface area (Å²) in [6, 6.07) is 15.1. The number of hydrogen-bond donors (Lipinski definition) is 0. The van der Waals surface area contributed by atoms with E-state index in [1.165, 1.54) is 12.8 Å². The standard InChI is InChI=1S/C25H32N2O4/c1-4-5-6-17-29-23-13-9-21(10-14-23)26-27-22-11-15-24(16-12-22)30-18-7-8-19-31-25(28)20(2)3/h9-16H,2,4-8,17-19H2,1,3H3. The van der Waals surface area contributed by atoms with E-state index < -0.39 is 0 Å². The molecule has 0 spiro atoms. The van der Waals surface area contributed by atoms with Gasteiger partial charge in [0, 0.05) is 5.57 Å². The fraction of sp³-hybridized carbons (Fsp3) is 0.400. The van der Waals surface area contributed by atoms with Crippen LogP contribution in [-0.4, -0.2) is 25.8 Å². The second-order valence-electron chi connectivity index (χ2n) is 7.22. The van der Waals surface area contributed by atoms with E-state index in [1.807, 2.05) is 48.5 Å². The van der Waals surface area contributed by atoms with Gasteiger partial charge in [0.05, 0.1) is 31.2 Å². The number of ether oxygens (including phenoxy) is 3. The van der Waals surface area contributed by atoms with Crippen molar-refractivity contribution in [1.29, 1.82) is 0 Å². The fourth-order valence-corrected chi connectivity index (χ4v) is 2.56. The maximum absolute atomic E-state index is 11.3. The van der Waals surface area contributed by atoms with Gasteiger partial charge in [-0.2, -0.15) is 10.2 Å². The first-order chi connectivity index (χ1) is 15.1. The maximum atomic E-state index is 11.3. The predicted molar refractivity (Wildman–Crippen MR) is 123 cm³/mol. The lowest BCUT2D eigenvalue weighted by atomic mass is 10.2. The van der Waals surface area contributed by atoms with Crippen LogP contribution in [0.15, 0.2) is 70.9 Å². The molecular weight excluding hydrogens is 392 g/mol. The van der Waals surface area contributed by atoms with Crippen molar-refractivity contribution in [2.75, 3.05) is 19.8 Å². The molecule has 0 atom stereocenters. The van der Waals surface area contributed by atoms with Crippen molar-refractivity contribution in [2.24, 2.45) is 10.2 Å². The molecule has 0 aliphatic heterocycles. The number of carbonyl (C=O) groups excluding carboxylic acids is 1. The summed E-state index contributed by atoms with van der Waals surface area (Å²) in [6.45, 7) is 9.03. The minimum absolute atomic E-state index is 0.350. The Hall–Kier alpha value is -3.15. The third-order valence-electron chi connectivity index (χ3n) is 4.36. The molecule has 166 valence electrons. The Morgan fingerprint density at radius 2 is 1.23 bits per heavy atom. The summed E-state index contributed by atoms with van der Waals surface area (Å²) < 4.78 is 16.4. The molecule has 6 heteroatoms. The third kappa shape index (κ3) is 9.94. The van der Waals surface area contributed by atoms with Gasteiger partial charge in [-0.1, -0.05) is 26.3 Å². The molecule has 0 N–H and O–H groups in total. The van der Waals surface area contributed by atoms with Gasteiger partial charge >= 0.3 is 5.97 Å². The summed E-state index contributed by atoms with van der Waals surface area (Å²) in [5.41, 5.74) is 1.94. The Kier molecular flexibility index (Phi) is 10.9. The first-order valence-corrected chi connectivity index (χ1v) is 10.8. The van der Waals surface area contributed by atoms with Crippen LogP contribution in [0.4, 0.5) is 11.4 Å². The summed E-state index contributed by atoms with van der Waals surface area (Å²) in [7, 11) is 0. The van der Waals surface area contributed by atoms with Gasteiger partial charge in [-0.25, -0.2) is 4.79 Å². The Labute approximate surface area is 184 Å². The Bertz CT molecular complexity index is 830. The Morgan fingerprint density at radius 1 is 0.774 bits per heavy atom. The van der Waals surface area contributed by atoms with Gasteiger partial charge in [-0.05, 0) is 74.7 Å². The number of carbonyl (C=O) groups is 1. The van der Waals surface area contributed by atoms with Crippen molar-refractivity contribution in [3.05, 3.63) is 60.7 Å².